The molecule has 112 valence electrons. The molecule has 2 atom stereocenters. The molecular weight excluding hydrogens is 236 g/mol. The zero-order valence-electron chi connectivity index (χ0n) is 13.1. The van der Waals surface area contributed by atoms with E-state index in [0.717, 1.165) is 19.6 Å². The van der Waals surface area contributed by atoms with Gasteiger partial charge in [-0.2, -0.15) is 0 Å². The number of morpholine rings is 1. The van der Waals surface area contributed by atoms with Gasteiger partial charge in [0.15, 0.2) is 0 Å². The molecule has 0 aliphatic carbocycles. The highest BCUT2D eigenvalue weighted by Gasteiger charge is 2.37. The average molecular weight is 268 g/mol. The van der Waals surface area contributed by atoms with Gasteiger partial charge in [-0.3, -0.25) is 4.90 Å². The van der Waals surface area contributed by atoms with Gasteiger partial charge in [-0.05, 0) is 44.1 Å². The predicted octanol–water partition coefficient (Wildman–Crippen LogP) is 2.66. The number of hydrogen-bond acceptors (Lipinski definition) is 3. The largest absolute Gasteiger partial charge is 0.372 e. The fourth-order valence-corrected chi connectivity index (χ4v) is 3.61. The molecular formula is C16H32N2O. The molecule has 3 heteroatoms. The van der Waals surface area contributed by atoms with E-state index in [1.54, 1.807) is 0 Å². The highest BCUT2D eigenvalue weighted by Crippen LogP contribution is 2.31. The molecule has 0 aromatic rings. The first-order chi connectivity index (χ1) is 9.21. The molecule has 0 radical (unpaired) electrons. The first-order valence-corrected chi connectivity index (χ1v) is 8.30. The van der Waals surface area contributed by atoms with Gasteiger partial charge in [-0.15, -0.1) is 0 Å². The summed E-state index contributed by atoms with van der Waals surface area (Å²) in [6.45, 7) is 12.8. The molecule has 0 spiro atoms. The Morgan fingerprint density at radius 3 is 2.26 bits per heavy atom. The van der Waals surface area contributed by atoms with E-state index in [1.807, 2.05) is 0 Å². The first-order valence-electron chi connectivity index (χ1n) is 8.30. The molecule has 2 fully saturated rings. The van der Waals surface area contributed by atoms with E-state index in [0.29, 0.717) is 17.6 Å². The van der Waals surface area contributed by atoms with Crippen LogP contribution >= 0.6 is 0 Å². The number of fused-ring (bicyclic) bond motifs is 2. The van der Waals surface area contributed by atoms with Crippen LogP contribution in [0.2, 0.25) is 0 Å². The molecule has 0 amide bonds. The van der Waals surface area contributed by atoms with E-state index in [9.17, 15) is 0 Å². The number of hydrogen-bond donors (Lipinski definition) is 1. The Balaban J connectivity index is 1.88. The second-order valence-electron chi connectivity index (χ2n) is 6.54. The summed E-state index contributed by atoms with van der Waals surface area (Å²) in [7, 11) is 0. The Labute approximate surface area is 119 Å². The van der Waals surface area contributed by atoms with Gasteiger partial charge in [0.25, 0.3) is 0 Å². The zero-order valence-corrected chi connectivity index (χ0v) is 13.1. The molecule has 2 heterocycles. The van der Waals surface area contributed by atoms with Crippen molar-refractivity contribution in [2.75, 3.05) is 32.7 Å². The van der Waals surface area contributed by atoms with Crippen LogP contribution in [0.15, 0.2) is 0 Å². The van der Waals surface area contributed by atoms with Crippen molar-refractivity contribution in [1.29, 1.82) is 0 Å². The molecule has 0 saturated carbocycles. The van der Waals surface area contributed by atoms with Crippen molar-refractivity contribution in [3.05, 3.63) is 0 Å². The molecule has 2 saturated heterocycles. The summed E-state index contributed by atoms with van der Waals surface area (Å²) >= 11 is 0. The number of likely N-dealkylation sites (tertiary alicyclic amines) is 1. The van der Waals surface area contributed by atoms with Crippen LogP contribution in [-0.4, -0.2) is 49.8 Å². The van der Waals surface area contributed by atoms with Gasteiger partial charge in [0, 0.05) is 26.2 Å². The van der Waals surface area contributed by atoms with Crippen LogP contribution in [0.3, 0.4) is 0 Å². The Hall–Kier alpha value is -0.120. The van der Waals surface area contributed by atoms with Crippen molar-refractivity contribution in [3.8, 4) is 0 Å². The van der Waals surface area contributed by atoms with Crippen molar-refractivity contribution in [3.63, 3.8) is 0 Å². The second kappa shape index (κ2) is 7.05. The lowest BCUT2D eigenvalue weighted by Gasteiger charge is -2.41. The van der Waals surface area contributed by atoms with Crippen LogP contribution in [0.4, 0.5) is 0 Å². The highest BCUT2D eigenvalue weighted by molar-refractivity contribution is 4.90. The van der Waals surface area contributed by atoms with Gasteiger partial charge in [-0.25, -0.2) is 0 Å². The van der Waals surface area contributed by atoms with Crippen molar-refractivity contribution in [2.24, 2.45) is 5.41 Å². The van der Waals surface area contributed by atoms with E-state index in [2.05, 4.69) is 31.0 Å². The van der Waals surface area contributed by atoms with Gasteiger partial charge < -0.3 is 10.1 Å². The van der Waals surface area contributed by atoms with E-state index >= 15 is 0 Å². The molecule has 2 rings (SSSR count). The summed E-state index contributed by atoms with van der Waals surface area (Å²) in [4.78, 5) is 2.67. The van der Waals surface area contributed by atoms with Gasteiger partial charge in [0.1, 0.15) is 0 Å². The van der Waals surface area contributed by atoms with Crippen molar-refractivity contribution < 1.29 is 4.74 Å². The Morgan fingerprint density at radius 1 is 1.11 bits per heavy atom. The third-order valence-corrected chi connectivity index (χ3v) is 5.10. The Bertz CT molecular complexity index is 253. The molecule has 2 unspecified atom stereocenters. The molecule has 2 aliphatic heterocycles. The van der Waals surface area contributed by atoms with Gasteiger partial charge in [0.2, 0.25) is 0 Å². The van der Waals surface area contributed by atoms with E-state index in [-0.39, 0.29) is 0 Å². The maximum absolute atomic E-state index is 5.95. The minimum absolute atomic E-state index is 0.450. The van der Waals surface area contributed by atoms with Gasteiger partial charge in [-0.1, -0.05) is 20.8 Å². The highest BCUT2D eigenvalue weighted by atomic mass is 16.5. The monoisotopic (exact) mass is 268 g/mol. The molecule has 0 aromatic heterocycles. The lowest BCUT2D eigenvalue weighted by Crippen LogP contribution is -2.50. The number of ether oxygens (including phenoxy) is 1. The number of nitrogens with zero attached hydrogens (tertiary/aromatic N) is 1. The first kappa shape index (κ1) is 15.3. The maximum Gasteiger partial charge on any atom is 0.0707 e. The normalized spacial score (nSPS) is 27.9. The summed E-state index contributed by atoms with van der Waals surface area (Å²) in [5.41, 5.74) is 0.450. The third-order valence-electron chi connectivity index (χ3n) is 5.10. The quantitative estimate of drug-likeness (QED) is 0.685. The van der Waals surface area contributed by atoms with E-state index in [4.69, 9.17) is 4.74 Å². The van der Waals surface area contributed by atoms with Crippen LogP contribution in [-0.2, 0) is 4.74 Å². The van der Waals surface area contributed by atoms with Crippen LogP contribution in [0, 0.1) is 5.41 Å². The van der Waals surface area contributed by atoms with Gasteiger partial charge in [0.05, 0.1) is 12.2 Å². The molecule has 19 heavy (non-hydrogen) atoms. The standard InChI is InChI=1S/C16H32N2O/c1-4-9-17-12-16(5-2,6-3)13-18-10-14-7-8-15(11-18)19-14/h14-15,17H,4-13H2,1-3H3. The summed E-state index contributed by atoms with van der Waals surface area (Å²) in [6, 6.07) is 0. The summed E-state index contributed by atoms with van der Waals surface area (Å²) in [5.74, 6) is 0. The summed E-state index contributed by atoms with van der Waals surface area (Å²) < 4.78 is 5.95. The van der Waals surface area contributed by atoms with Crippen LogP contribution in [0.5, 0.6) is 0 Å². The van der Waals surface area contributed by atoms with Crippen LogP contribution in [0.25, 0.3) is 0 Å². The van der Waals surface area contributed by atoms with E-state index < -0.39 is 0 Å². The van der Waals surface area contributed by atoms with Crippen molar-refractivity contribution >= 4 is 0 Å². The molecule has 0 aromatic carbocycles. The average Bonchev–Trinajstić information content (AvgIpc) is 2.77. The predicted molar refractivity (Wildman–Crippen MR) is 80.5 cm³/mol. The third kappa shape index (κ3) is 3.93. The fourth-order valence-electron chi connectivity index (χ4n) is 3.61. The minimum Gasteiger partial charge on any atom is -0.372 e. The van der Waals surface area contributed by atoms with Crippen molar-refractivity contribution in [2.45, 2.75) is 65.1 Å². The lowest BCUT2D eigenvalue weighted by molar-refractivity contribution is -0.0514. The second-order valence-corrected chi connectivity index (χ2v) is 6.54. The molecule has 3 nitrogen and oxygen atoms in total. The fraction of sp³-hybridized carbons (Fsp3) is 1.00. The summed E-state index contributed by atoms with van der Waals surface area (Å²) in [5, 5.41) is 3.65. The minimum atomic E-state index is 0.450. The maximum atomic E-state index is 5.95. The molecule has 1 N–H and O–H groups in total. The van der Waals surface area contributed by atoms with E-state index in [1.165, 1.54) is 45.2 Å². The zero-order chi connectivity index (χ0) is 13.7. The van der Waals surface area contributed by atoms with Crippen LogP contribution in [0.1, 0.15) is 52.9 Å². The lowest BCUT2D eigenvalue weighted by atomic mass is 9.81. The Kier molecular flexibility index (Phi) is 5.67. The van der Waals surface area contributed by atoms with Crippen LogP contribution < -0.4 is 5.32 Å². The Morgan fingerprint density at radius 2 is 1.74 bits per heavy atom. The number of rotatable bonds is 8. The smallest absolute Gasteiger partial charge is 0.0707 e. The SMILES string of the molecule is CCCNCC(CC)(CC)CN1CC2CCC(C1)O2. The molecule has 2 aliphatic rings. The topological polar surface area (TPSA) is 24.5 Å². The molecule has 2 bridgehead atoms. The summed E-state index contributed by atoms with van der Waals surface area (Å²) in [6.07, 6.45) is 7.37. The van der Waals surface area contributed by atoms with Gasteiger partial charge >= 0.3 is 0 Å². The van der Waals surface area contributed by atoms with Crippen molar-refractivity contribution in [1.82, 2.24) is 10.2 Å². The number of nitrogens with one attached hydrogen (secondary N) is 1.